The van der Waals surface area contributed by atoms with Crippen LogP contribution in [0.25, 0.3) is 0 Å². The first-order valence-corrected chi connectivity index (χ1v) is 6.96. The zero-order chi connectivity index (χ0) is 13.8. The number of anilines is 2. The SMILES string of the molecule is CC(=O)Nc1ccc(NC(=O)c2cnc(Br)s2)cc1. The van der Waals surface area contributed by atoms with Gasteiger partial charge >= 0.3 is 0 Å². The summed E-state index contributed by atoms with van der Waals surface area (Å²) < 4.78 is 0.665. The first-order valence-electron chi connectivity index (χ1n) is 5.35. The van der Waals surface area contributed by atoms with E-state index in [1.807, 2.05) is 0 Å². The minimum atomic E-state index is -0.213. The van der Waals surface area contributed by atoms with Crippen molar-refractivity contribution in [2.75, 3.05) is 10.6 Å². The van der Waals surface area contributed by atoms with Gasteiger partial charge in [-0.25, -0.2) is 4.98 Å². The summed E-state index contributed by atoms with van der Waals surface area (Å²) in [6.45, 7) is 1.44. The van der Waals surface area contributed by atoms with Crippen molar-refractivity contribution in [2.24, 2.45) is 0 Å². The summed E-state index contributed by atoms with van der Waals surface area (Å²) in [6.07, 6.45) is 1.51. The van der Waals surface area contributed by atoms with Gasteiger partial charge in [0.2, 0.25) is 5.91 Å². The van der Waals surface area contributed by atoms with Crippen LogP contribution in [-0.2, 0) is 4.79 Å². The molecule has 0 radical (unpaired) electrons. The number of carbonyl (C=O) groups excluding carboxylic acids is 2. The maximum Gasteiger partial charge on any atom is 0.267 e. The molecule has 1 heterocycles. The molecule has 0 atom stereocenters. The second-order valence-electron chi connectivity index (χ2n) is 3.69. The average molecular weight is 340 g/mol. The average Bonchev–Trinajstić information content (AvgIpc) is 2.78. The van der Waals surface area contributed by atoms with Crippen molar-refractivity contribution in [3.05, 3.63) is 39.3 Å². The summed E-state index contributed by atoms with van der Waals surface area (Å²) >= 11 is 4.47. The molecule has 1 aromatic carbocycles. The van der Waals surface area contributed by atoms with Crippen molar-refractivity contribution in [1.29, 1.82) is 0 Å². The molecule has 1 aromatic heterocycles. The Hall–Kier alpha value is -1.73. The lowest BCUT2D eigenvalue weighted by molar-refractivity contribution is -0.114. The minimum Gasteiger partial charge on any atom is -0.326 e. The number of nitrogens with one attached hydrogen (secondary N) is 2. The smallest absolute Gasteiger partial charge is 0.267 e. The third kappa shape index (κ3) is 3.87. The number of hydrogen-bond acceptors (Lipinski definition) is 4. The molecule has 0 spiro atoms. The number of halogens is 1. The fraction of sp³-hybridized carbons (Fsp3) is 0.0833. The monoisotopic (exact) mass is 339 g/mol. The second-order valence-corrected chi connectivity index (χ2v) is 6.00. The standard InChI is InChI=1S/C12H10BrN3O2S/c1-7(17)15-8-2-4-9(5-3-8)16-11(18)10-6-14-12(13)19-10/h2-6H,1H3,(H,15,17)(H,16,18). The van der Waals surface area contributed by atoms with Gasteiger partial charge in [-0.1, -0.05) is 0 Å². The van der Waals surface area contributed by atoms with E-state index in [2.05, 4.69) is 31.5 Å². The lowest BCUT2D eigenvalue weighted by Crippen LogP contribution is -2.10. The van der Waals surface area contributed by atoms with E-state index in [9.17, 15) is 9.59 Å². The van der Waals surface area contributed by atoms with Crippen LogP contribution < -0.4 is 10.6 Å². The van der Waals surface area contributed by atoms with Gasteiger partial charge in [0.25, 0.3) is 5.91 Å². The molecular weight excluding hydrogens is 330 g/mol. The largest absolute Gasteiger partial charge is 0.326 e. The van der Waals surface area contributed by atoms with Gasteiger partial charge in [0, 0.05) is 18.3 Å². The van der Waals surface area contributed by atoms with Crippen LogP contribution >= 0.6 is 27.3 Å². The Labute approximate surface area is 122 Å². The third-order valence-corrected chi connectivity index (χ3v) is 3.64. The summed E-state index contributed by atoms with van der Waals surface area (Å²) in [4.78, 5) is 27.2. The molecule has 2 amide bonds. The summed E-state index contributed by atoms with van der Waals surface area (Å²) in [5.41, 5.74) is 1.34. The maximum atomic E-state index is 11.9. The number of carbonyl (C=O) groups is 2. The van der Waals surface area contributed by atoms with Crippen molar-refractivity contribution in [3.8, 4) is 0 Å². The molecule has 0 aliphatic heterocycles. The molecule has 0 aliphatic rings. The van der Waals surface area contributed by atoms with Gasteiger partial charge in [0.05, 0.1) is 6.20 Å². The summed E-state index contributed by atoms with van der Waals surface area (Å²) in [6, 6.07) is 6.89. The van der Waals surface area contributed by atoms with Crippen LogP contribution in [0, 0.1) is 0 Å². The van der Waals surface area contributed by atoms with Gasteiger partial charge in [0.1, 0.15) is 4.88 Å². The molecule has 0 aliphatic carbocycles. The Bertz CT molecular complexity index is 610. The molecule has 2 N–H and O–H groups in total. The maximum absolute atomic E-state index is 11.9. The van der Waals surface area contributed by atoms with Crippen molar-refractivity contribution in [3.63, 3.8) is 0 Å². The zero-order valence-electron chi connectivity index (χ0n) is 9.94. The van der Waals surface area contributed by atoms with Crippen molar-refractivity contribution in [2.45, 2.75) is 6.92 Å². The molecule has 0 bridgehead atoms. The molecule has 5 nitrogen and oxygen atoms in total. The molecule has 0 unspecified atom stereocenters. The van der Waals surface area contributed by atoms with Crippen LogP contribution in [0.1, 0.15) is 16.6 Å². The predicted octanol–water partition coefficient (Wildman–Crippen LogP) is 3.12. The molecule has 0 saturated heterocycles. The summed E-state index contributed by atoms with van der Waals surface area (Å²) in [7, 11) is 0. The normalized spacial score (nSPS) is 10.0. The molecule has 0 saturated carbocycles. The molecule has 19 heavy (non-hydrogen) atoms. The number of hydrogen-bond donors (Lipinski definition) is 2. The molecule has 2 aromatic rings. The molecule has 98 valence electrons. The fourth-order valence-corrected chi connectivity index (χ4v) is 2.55. The van der Waals surface area contributed by atoms with E-state index in [0.29, 0.717) is 20.2 Å². The molecular formula is C12H10BrN3O2S. The van der Waals surface area contributed by atoms with Crippen LogP contribution in [-0.4, -0.2) is 16.8 Å². The number of nitrogens with zero attached hydrogens (tertiary/aromatic N) is 1. The van der Waals surface area contributed by atoms with E-state index < -0.39 is 0 Å². The number of benzene rings is 1. The third-order valence-electron chi connectivity index (χ3n) is 2.16. The molecule has 7 heteroatoms. The van der Waals surface area contributed by atoms with Gasteiger partial charge in [-0.2, -0.15) is 0 Å². The van der Waals surface area contributed by atoms with Gasteiger partial charge < -0.3 is 10.6 Å². The minimum absolute atomic E-state index is 0.133. The highest BCUT2D eigenvalue weighted by molar-refractivity contribution is 9.11. The van der Waals surface area contributed by atoms with Gasteiger partial charge in [-0.15, -0.1) is 11.3 Å². The summed E-state index contributed by atoms with van der Waals surface area (Å²) in [5.74, 6) is -0.346. The second kappa shape index (κ2) is 5.94. The van der Waals surface area contributed by atoms with Crippen LogP contribution in [0.4, 0.5) is 11.4 Å². The van der Waals surface area contributed by atoms with Gasteiger partial charge in [0.15, 0.2) is 3.92 Å². The zero-order valence-corrected chi connectivity index (χ0v) is 12.3. The van der Waals surface area contributed by atoms with E-state index in [-0.39, 0.29) is 11.8 Å². The number of rotatable bonds is 3. The quantitative estimate of drug-likeness (QED) is 0.902. The van der Waals surface area contributed by atoms with Crippen LogP contribution in [0.3, 0.4) is 0 Å². The number of aromatic nitrogens is 1. The van der Waals surface area contributed by atoms with E-state index in [1.54, 1.807) is 24.3 Å². The number of thiazole rings is 1. The topological polar surface area (TPSA) is 71.1 Å². The van der Waals surface area contributed by atoms with Gasteiger partial charge in [-0.05, 0) is 40.2 Å². The van der Waals surface area contributed by atoms with Crippen LogP contribution in [0.2, 0.25) is 0 Å². The highest BCUT2D eigenvalue weighted by Gasteiger charge is 2.09. The Morgan fingerprint density at radius 2 is 1.74 bits per heavy atom. The predicted molar refractivity (Wildman–Crippen MR) is 78.5 cm³/mol. The van der Waals surface area contributed by atoms with Crippen molar-refractivity contribution in [1.82, 2.24) is 4.98 Å². The highest BCUT2D eigenvalue weighted by Crippen LogP contribution is 2.20. The Kier molecular flexibility index (Phi) is 4.28. The number of amides is 2. The van der Waals surface area contributed by atoms with Crippen LogP contribution in [0.15, 0.2) is 34.4 Å². The Morgan fingerprint density at radius 3 is 2.21 bits per heavy atom. The first kappa shape index (κ1) is 13.7. The lowest BCUT2D eigenvalue weighted by Gasteiger charge is -2.05. The van der Waals surface area contributed by atoms with E-state index >= 15 is 0 Å². The fourth-order valence-electron chi connectivity index (χ4n) is 1.39. The Balaban J connectivity index is 2.03. The van der Waals surface area contributed by atoms with E-state index in [1.165, 1.54) is 24.5 Å². The highest BCUT2D eigenvalue weighted by atomic mass is 79.9. The van der Waals surface area contributed by atoms with Gasteiger partial charge in [-0.3, -0.25) is 9.59 Å². The van der Waals surface area contributed by atoms with Crippen LogP contribution in [0.5, 0.6) is 0 Å². The van der Waals surface area contributed by atoms with Crippen molar-refractivity contribution < 1.29 is 9.59 Å². The van der Waals surface area contributed by atoms with Crippen molar-refractivity contribution >= 4 is 50.5 Å². The summed E-state index contributed by atoms with van der Waals surface area (Å²) in [5, 5.41) is 5.40. The first-order chi connectivity index (χ1) is 9.04. The van der Waals surface area contributed by atoms with E-state index in [0.717, 1.165) is 0 Å². The Morgan fingerprint density at radius 1 is 1.16 bits per heavy atom. The van der Waals surface area contributed by atoms with E-state index in [4.69, 9.17) is 0 Å². The molecule has 0 fully saturated rings. The lowest BCUT2D eigenvalue weighted by atomic mass is 10.2. The molecule has 2 rings (SSSR count).